The van der Waals surface area contributed by atoms with E-state index in [0.717, 1.165) is 12.3 Å². The maximum absolute atomic E-state index is 7.17. The fourth-order valence-electron chi connectivity index (χ4n) is 3.17. The number of nitrogens with zero attached hydrogens (tertiary/aromatic N) is 1. The highest BCUT2D eigenvalue weighted by Gasteiger charge is 2.15. The van der Waals surface area contributed by atoms with Crippen molar-refractivity contribution >= 4 is 6.01 Å². The molecule has 0 aliphatic carbocycles. The topological polar surface area (TPSA) is 36.2 Å². The Morgan fingerprint density at radius 1 is 0.762 bits per heavy atom. The van der Waals surface area contributed by atoms with Gasteiger partial charge in [0.25, 0.3) is 0 Å². The summed E-state index contributed by atoms with van der Waals surface area (Å²) < 4.78 is 0. The minimum atomic E-state index is 0.349. The molecule has 0 spiro atoms. The Bertz CT molecular complexity index is 256. The molecule has 1 N–H and O–H groups in total. The Kier molecular flexibility index (Phi) is 15.3. The van der Waals surface area contributed by atoms with Crippen molar-refractivity contribution in [2.75, 3.05) is 0 Å². The standard InChI is InChI=1S/C19H38N2/c1-4-7-9-11-14-18(13-6-3)16-19(21-17-20)15-12-10-8-5-2/h18-20H,4-16H2,1-3H3. The first-order valence-electron chi connectivity index (χ1n) is 9.39. The molecule has 0 aliphatic heterocycles. The van der Waals surface area contributed by atoms with Crippen molar-refractivity contribution in [1.82, 2.24) is 0 Å². The lowest BCUT2D eigenvalue weighted by atomic mass is 9.88. The van der Waals surface area contributed by atoms with Gasteiger partial charge in [-0.25, -0.2) is 10.4 Å². The number of unbranched alkanes of at least 4 members (excludes halogenated alkanes) is 6. The molecule has 0 heterocycles. The van der Waals surface area contributed by atoms with Crippen molar-refractivity contribution < 1.29 is 0 Å². The van der Waals surface area contributed by atoms with Crippen molar-refractivity contribution in [3.05, 3.63) is 0 Å². The SMILES string of the molecule is CCCCCCC(CCC)CC(CCCCCC)N=C=N. The molecule has 0 aromatic carbocycles. The second-order valence-electron chi connectivity index (χ2n) is 6.48. The van der Waals surface area contributed by atoms with Gasteiger partial charge in [0.2, 0.25) is 0 Å². The average Bonchev–Trinajstić information content (AvgIpc) is 2.48. The summed E-state index contributed by atoms with van der Waals surface area (Å²) in [6.07, 6.45) is 16.9. The molecule has 124 valence electrons. The number of aliphatic imine (C=N–C) groups is 1. The lowest BCUT2D eigenvalue weighted by molar-refractivity contribution is 0.354. The maximum Gasteiger partial charge on any atom is 0.0864 e. The highest BCUT2D eigenvalue weighted by molar-refractivity contribution is 5.36. The maximum atomic E-state index is 7.17. The molecule has 0 saturated carbocycles. The van der Waals surface area contributed by atoms with E-state index in [9.17, 15) is 0 Å². The van der Waals surface area contributed by atoms with Crippen molar-refractivity contribution in [2.24, 2.45) is 10.9 Å². The van der Waals surface area contributed by atoms with Crippen LogP contribution in [-0.2, 0) is 0 Å². The summed E-state index contributed by atoms with van der Waals surface area (Å²) in [5.41, 5.74) is 0. The van der Waals surface area contributed by atoms with Crippen LogP contribution in [-0.4, -0.2) is 12.1 Å². The smallest absolute Gasteiger partial charge is 0.0864 e. The van der Waals surface area contributed by atoms with Crippen LogP contribution in [0.4, 0.5) is 0 Å². The zero-order valence-corrected chi connectivity index (χ0v) is 14.8. The minimum absolute atomic E-state index is 0.349. The zero-order chi connectivity index (χ0) is 15.8. The largest absolute Gasteiger partial charge is 0.242 e. The lowest BCUT2D eigenvalue weighted by Gasteiger charge is -2.20. The van der Waals surface area contributed by atoms with E-state index in [2.05, 4.69) is 31.8 Å². The van der Waals surface area contributed by atoms with Crippen LogP contribution in [0.1, 0.15) is 104 Å². The molecule has 0 aromatic rings. The van der Waals surface area contributed by atoms with Crippen molar-refractivity contribution in [2.45, 2.75) is 110 Å². The summed E-state index contributed by atoms with van der Waals surface area (Å²) in [5, 5.41) is 7.17. The first-order chi connectivity index (χ1) is 10.3. The number of rotatable bonds is 15. The second-order valence-corrected chi connectivity index (χ2v) is 6.48. The zero-order valence-electron chi connectivity index (χ0n) is 14.8. The summed E-state index contributed by atoms with van der Waals surface area (Å²) in [6.45, 7) is 6.81. The van der Waals surface area contributed by atoms with E-state index < -0.39 is 0 Å². The van der Waals surface area contributed by atoms with Crippen LogP contribution in [0.2, 0.25) is 0 Å². The first kappa shape index (κ1) is 20.4. The molecule has 0 fully saturated rings. The summed E-state index contributed by atoms with van der Waals surface area (Å²) in [4.78, 5) is 4.30. The molecular formula is C19H38N2. The Morgan fingerprint density at radius 3 is 1.90 bits per heavy atom. The van der Waals surface area contributed by atoms with Crippen LogP contribution < -0.4 is 0 Å². The molecule has 2 heteroatoms. The molecule has 21 heavy (non-hydrogen) atoms. The van der Waals surface area contributed by atoms with Gasteiger partial charge < -0.3 is 0 Å². The van der Waals surface area contributed by atoms with E-state index in [1.165, 1.54) is 77.0 Å². The van der Waals surface area contributed by atoms with Gasteiger partial charge in [0.15, 0.2) is 0 Å². The molecule has 2 nitrogen and oxygen atoms in total. The molecule has 0 aromatic heterocycles. The van der Waals surface area contributed by atoms with Crippen molar-refractivity contribution in [3.8, 4) is 0 Å². The summed E-state index contributed by atoms with van der Waals surface area (Å²) in [5.74, 6) is 0.806. The van der Waals surface area contributed by atoms with Gasteiger partial charge in [0.05, 0.1) is 12.1 Å². The van der Waals surface area contributed by atoms with Crippen LogP contribution in [0.5, 0.6) is 0 Å². The third-order valence-electron chi connectivity index (χ3n) is 4.41. The Morgan fingerprint density at radius 2 is 1.38 bits per heavy atom. The van der Waals surface area contributed by atoms with E-state index in [-0.39, 0.29) is 0 Å². The number of nitrogens with one attached hydrogen (secondary N) is 1. The van der Waals surface area contributed by atoms with Gasteiger partial charge in [-0.2, -0.15) is 0 Å². The van der Waals surface area contributed by atoms with E-state index >= 15 is 0 Å². The van der Waals surface area contributed by atoms with Crippen molar-refractivity contribution in [1.29, 1.82) is 5.41 Å². The summed E-state index contributed by atoms with van der Waals surface area (Å²) in [6, 6.07) is 2.66. The molecule has 0 bridgehead atoms. The highest BCUT2D eigenvalue weighted by Crippen LogP contribution is 2.24. The predicted octanol–water partition coefficient (Wildman–Crippen LogP) is 6.85. The fraction of sp³-hybridized carbons (Fsp3) is 0.947. The summed E-state index contributed by atoms with van der Waals surface area (Å²) in [7, 11) is 0. The third-order valence-corrected chi connectivity index (χ3v) is 4.41. The molecule has 0 rings (SSSR count). The normalized spacial score (nSPS) is 13.7. The van der Waals surface area contributed by atoms with Gasteiger partial charge in [-0.1, -0.05) is 91.4 Å². The van der Waals surface area contributed by atoms with Gasteiger partial charge >= 0.3 is 0 Å². The molecule has 0 saturated heterocycles. The molecule has 0 amide bonds. The molecule has 2 atom stereocenters. The van der Waals surface area contributed by atoms with E-state index in [0.29, 0.717) is 6.04 Å². The lowest BCUT2D eigenvalue weighted by Crippen LogP contribution is -2.12. The average molecular weight is 295 g/mol. The van der Waals surface area contributed by atoms with Gasteiger partial charge in [-0.3, -0.25) is 0 Å². The van der Waals surface area contributed by atoms with Crippen molar-refractivity contribution in [3.63, 3.8) is 0 Å². The van der Waals surface area contributed by atoms with Gasteiger partial charge in [0, 0.05) is 0 Å². The molecule has 0 radical (unpaired) electrons. The number of hydrogen-bond donors (Lipinski definition) is 1. The Balaban J connectivity index is 4.14. The van der Waals surface area contributed by atoms with Crippen LogP contribution in [0, 0.1) is 11.3 Å². The quantitative estimate of drug-likeness (QED) is 0.253. The van der Waals surface area contributed by atoms with Crippen LogP contribution in [0.25, 0.3) is 0 Å². The summed E-state index contributed by atoms with van der Waals surface area (Å²) >= 11 is 0. The first-order valence-corrected chi connectivity index (χ1v) is 9.39. The fourth-order valence-corrected chi connectivity index (χ4v) is 3.17. The third kappa shape index (κ3) is 12.8. The highest BCUT2D eigenvalue weighted by atomic mass is 14.8. The van der Waals surface area contributed by atoms with Crippen LogP contribution >= 0.6 is 0 Å². The monoisotopic (exact) mass is 294 g/mol. The Hall–Kier alpha value is -0.620. The van der Waals surface area contributed by atoms with E-state index in [1.54, 1.807) is 0 Å². The van der Waals surface area contributed by atoms with Gasteiger partial charge in [-0.15, -0.1) is 0 Å². The molecule has 0 aliphatic rings. The Labute approximate surface area is 133 Å². The van der Waals surface area contributed by atoms with E-state index in [4.69, 9.17) is 5.41 Å². The van der Waals surface area contributed by atoms with Crippen LogP contribution in [0.15, 0.2) is 4.99 Å². The van der Waals surface area contributed by atoms with E-state index in [1.807, 2.05) is 0 Å². The molecule has 2 unspecified atom stereocenters. The van der Waals surface area contributed by atoms with Crippen LogP contribution in [0.3, 0.4) is 0 Å². The van der Waals surface area contributed by atoms with Gasteiger partial charge in [0.1, 0.15) is 0 Å². The van der Waals surface area contributed by atoms with Gasteiger partial charge in [-0.05, 0) is 18.8 Å². The minimum Gasteiger partial charge on any atom is -0.242 e. The molecular weight excluding hydrogens is 256 g/mol. The number of hydrogen-bond acceptors (Lipinski definition) is 2. The predicted molar refractivity (Wildman–Crippen MR) is 94.5 cm³/mol. The second kappa shape index (κ2) is 15.8.